The number of ether oxygens (including phenoxy) is 2. The normalized spacial score (nSPS) is 25.0. The summed E-state index contributed by atoms with van der Waals surface area (Å²) < 4.78 is 11.6. The molecule has 0 aromatic heterocycles. The van der Waals surface area contributed by atoms with Gasteiger partial charge in [0.25, 0.3) is 0 Å². The van der Waals surface area contributed by atoms with E-state index in [0.29, 0.717) is 12.0 Å². The molecular formula is C18H27NO2. The van der Waals surface area contributed by atoms with Crippen LogP contribution < -0.4 is 5.32 Å². The molecule has 1 aromatic carbocycles. The summed E-state index contributed by atoms with van der Waals surface area (Å²) in [5.41, 5.74) is 3.01. The Hall–Kier alpha value is -0.900. The molecule has 1 heterocycles. The second-order valence-electron chi connectivity index (χ2n) is 6.33. The Labute approximate surface area is 128 Å². The Morgan fingerprint density at radius 2 is 2.10 bits per heavy atom. The predicted octanol–water partition coefficient (Wildman–Crippen LogP) is 2.89. The fourth-order valence-electron chi connectivity index (χ4n) is 4.00. The maximum Gasteiger partial charge on any atom is 0.0874 e. The van der Waals surface area contributed by atoms with E-state index < -0.39 is 0 Å². The van der Waals surface area contributed by atoms with Crippen molar-refractivity contribution in [3.8, 4) is 0 Å². The minimum Gasteiger partial charge on any atom is -0.381 e. The van der Waals surface area contributed by atoms with Gasteiger partial charge in [-0.05, 0) is 36.4 Å². The molecule has 2 atom stereocenters. The van der Waals surface area contributed by atoms with Gasteiger partial charge in [0, 0.05) is 39.2 Å². The zero-order valence-electron chi connectivity index (χ0n) is 13.2. The van der Waals surface area contributed by atoms with Crippen molar-refractivity contribution in [1.29, 1.82) is 0 Å². The van der Waals surface area contributed by atoms with Crippen LogP contribution in [0.2, 0.25) is 0 Å². The first kappa shape index (κ1) is 15.0. The molecule has 1 aliphatic heterocycles. The molecule has 2 aliphatic rings. The van der Waals surface area contributed by atoms with Crippen LogP contribution >= 0.6 is 0 Å². The molecule has 3 nitrogen and oxygen atoms in total. The van der Waals surface area contributed by atoms with Gasteiger partial charge in [0.1, 0.15) is 0 Å². The Bertz CT molecular complexity index is 468. The van der Waals surface area contributed by atoms with Crippen LogP contribution in [0.4, 0.5) is 0 Å². The molecule has 0 spiro atoms. The van der Waals surface area contributed by atoms with Crippen LogP contribution in [-0.4, -0.2) is 38.5 Å². The summed E-state index contributed by atoms with van der Waals surface area (Å²) in [6.07, 6.45) is 4.37. The summed E-state index contributed by atoms with van der Waals surface area (Å²) in [5, 5.41) is 3.69. The summed E-state index contributed by atoms with van der Waals surface area (Å²) >= 11 is 0. The standard InChI is InChI=1S/C18H27NO2/c1-3-19-17(18(20-2)8-10-21-11-9-18)13-15-12-14-6-4-5-7-16(14)15/h4-7,15,17,19H,3,8-13H2,1-2H3. The van der Waals surface area contributed by atoms with Gasteiger partial charge in [0.05, 0.1) is 5.60 Å². The second-order valence-corrected chi connectivity index (χ2v) is 6.33. The molecule has 3 heteroatoms. The number of rotatable bonds is 6. The Balaban J connectivity index is 1.73. The first-order chi connectivity index (χ1) is 10.3. The van der Waals surface area contributed by atoms with E-state index in [2.05, 4.69) is 36.5 Å². The van der Waals surface area contributed by atoms with Gasteiger partial charge in [-0.3, -0.25) is 0 Å². The summed E-state index contributed by atoms with van der Waals surface area (Å²) in [4.78, 5) is 0. The van der Waals surface area contributed by atoms with Gasteiger partial charge in [-0.1, -0.05) is 31.2 Å². The van der Waals surface area contributed by atoms with Crippen molar-refractivity contribution in [2.45, 2.75) is 50.2 Å². The molecule has 21 heavy (non-hydrogen) atoms. The first-order valence-corrected chi connectivity index (χ1v) is 8.23. The molecule has 3 rings (SSSR count). The molecule has 1 saturated heterocycles. The zero-order chi connectivity index (χ0) is 14.7. The van der Waals surface area contributed by atoms with E-state index in [-0.39, 0.29) is 5.60 Å². The van der Waals surface area contributed by atoms with Crippen LogP contribution in [0, 0.1) is 0 Å². The number of fused-ring (bicyclic) bond motifs is 1. The number of methoxy groups -OCH3 is 1. The lowest BCUT2D eigenvalue weighted by molar-refractivity contribution is -0.112. The third-order valence-corrected chi connectivity index (χ3v) is 5.31. The number of benzene rings is 1. The Morgan fingerprint density at radius 3 is 2.76 bits per heavy atom. The van der Waals surface area contributed by atoms with Crippen LogP contribution in [-0.2, 0) is 15.9 Å². The van der Waals surface area contributed by atoms with Crippen molar-refractivity contribution in [3.05, 3.63) is 35.4 Å². The van der Waals surface area contributed by atoms with Crippen molar-refractivity contribution in [3.63, 3.8) is 0 Å². The third-order valence-electron chi connectivity index (χ3n) is 5.31. The van der Waals surface area contributed by atoms with Crippen LogP contribution in [0.15, 0.2) is 24.3 Å². The Morgan fingerprint density at radius 1 is 1.33 bits per heavy atom. The maximum absolute atomic E-state index is 6.01. The first-order valence-electron chi connectivity index (χ1n) is 8.23. The highest BCUT2D eigenvalue weighted by Crippen LogP contribution is 2.41. The summed E-state index contributed by atoms with van der Waals surface area (Å²) in [5.74, 6) is 0.681. The van der Waals surface area contributed by atoms with Crippen molar-refractivity contribution in [2.24, 2.45) is 0 Å². The zero-order valence-corrected chi connectivity index (χ0v) is 13.2. The van der Waals surface area contributed by atoms with Crippen molar-refractivity contribution in [1.82, 2.24) is 5.32 Å². The van der Waals surface area contributed by atoms with Crippen LogP contribution in [0.3, 0.4) is 0 Å². The second kappa shape index (κ2) is 6.47. The van der Waals surface area contributed by atoms with E-state index in [9.17, 15) is 0 Å². The average molecular weight is 289 g/mol. The lowest BCUT2D eigenvalue weighted by Crippen LogP contribution is -2.55. The smallest absolute Gasteiger partial charge is 0.0874 e. The molecule has 1 fully saturated rings. The van der Waals surface area contributed by atoms with Gasteiger partial charge in [-0.15, -0.1) is 0 Å². The number of likely N-dealkylation sites (N-methyl/N-ethyl adjacent to an activating group) is 1. The molecule has 1 aromatic rings. The highest BCUT2D eigenvalue weighted by atomic mass is 16.5. The average Bonchev–Trinajstić information content (AvgIpc) is 2.52. The Kier molecular flexibility index (Phi) is 4.63. The van der Waals surface area contributed by atoms with Gasteiger partial charge in [0.15, 0.2) is 0 Å². The fourth-order valence-corrected chi connectivity index (χ4v) is 4.00. The van der Waals surface area contributed by atoms with Crippen LogP contribution in [0.1, 0.15) is 43.2 Å². The van der Waals surface area contributed by atoms with Gasteiger partial charge in [-0.25, -0.2) is 0 Å². The topological polar surface area (TPSA) is 30.5 Å². The summed E-state index contributed by atoms with van der Waals surface area (Å²) in [7, 11) is 1.87. The lowest BCUT2D eigenvalue weighted by atomic mass is 9.71. The van der Waals surface area contributed by atoms with Crippen LogP contribution in [0.25, 0.3) is 0 Å². The molecule has 0 radical (unpaired) electrons. The number of nitrogens with one attached hydrogen (secondary N) is 1. The van der Waals surface area contributed by atoms with E-state index in [1.807, 2.05) is 7.11 Å². The number of hydrogen-bond acceptors (Lipinski definition) is 3. The monoisotopic (exact) mass is 289 g/mol. The molecule has 0 saturated carbocycles. The highest BCUT2D eigenvalue weighted by molar-refractivity contribution is 5.40. The molecule has 116 valence electrons. The van der Waals surface area contributed by atoms with Crippen molar-refractivity contribution < 1.29 is 9.47 Å². The number of hydrogen-bond donors (Lipinski definition) is 1. The fraction of sp³-hybridized carbons (Fsp3) is 0.667. The minimum atomic E-state index is -0.0568. The molecule has 1 N–H and O–H groups in total. The molecular weight excluding hydrogens is 262 g/mol. The summed E-state index contributed by atoms with van der Waals surface area (Å²) in [6.45, 7) is 4.81. The molecule has 2 unspecified atom stereocenters. The van der Waals surface area contributed by atoms with E-state index >= 15 is 0 Å². The van der Waals surface area contributed by atoms with Gasteiger partial charge < -0.3 is 14.8 Å². The summed E-state index contributed by atoms with van der Waals surface area (Å²) in [6, 6.07) is 9.26. The maximum atomic E-state index is 6.01. The van der Waals surface area contributed by atoms with Gasteiger partial charge in [-0.2, -0.15) is 0 Å². The van der Waals surface area contributed by atoms with Gasteiger partial charge >= 0.3 is 0 Å². The van der Waals surface area contributed by atoms with Crippen LogP contribution in [0.5, 0.6) is 0 Å². The minimum absolute atomic E-state index is 0.0568. The molecule has 0 amide bonds. The highest BCUT2D eigenvalue weighted by Gasteiger charge is 2.42. The van der Waals surface area contributed by atoms with Crippen molar-refractivity contribution in [2.75, 3.05) is 26.9 Å². The lowest BCUT2D eigenvalue weighted by Gasteiger charge is -2.45. The predicted molar refractivity (Wildman–Crippen MR) is 84.8 cm³/mol. The quantitative estimate of drug-likeness (QED) is 0.873. The largest absolute Gasteiger partial charge is 0.381 e. The van der Waals surface area contributed by atoms with E-state index in [1.54, 1.807) is 5.56 Å². The van der Waals surface area contributed by atoms with E-state index in [4.69, 9.17) is 9.47 Å². The third kappa shape index (κ3) is 2.87. The molecule has 1 aliphatic carbocycles. The van der Waals surface area contributed by atoms with Crippen molar-refractivity contribution >= 4 is 0 Å². The SMILES string of the molecule is CCNC(CC1Cc2ccccc21)C1(OC)CCOCC1. The van der Waals surface area contributed by atoms with E-state index in [1.165, 1.54) is 18.4 Å². The van der Waals surface area contributed by atoms with E-state index in [0.717, 1.165) is 32.6 Å². The van der Waals surface area contributed by atoms with Gasteiger partial charge in [0.2, 0.25) is 0 Å². The molecule has 0 bridgehead atoms.